The summed E-state index contributed by atoms with van der Waals surface area (Å²) in [6.07, 6.45) is 0. The van der Waals surface area contributed by atoms with Crippen molar-refractivity contribution < 1.29 is 15.0 Å². The molecule has 0 aromatic rings. The summed E-state index contributed by atoms with van der Waals surface area (Å²) in [6.45, 7) is -0.800. The van der Waals surface area contributed by atoms with Gasteiger partial charge in [0.05, 0.1) is 0 Å². The molecule has 0 spiro atoms. The molecular formula is C3H6ClNO3. The van der Waals surface area contributed by atoms with E-state index in [0.29, 0.717) is 0 Å². The van der Waals surface area contributed by atoms with Crippen LogP contribution in [0.1, 0.15) is 0 Å². The number of hydrogen-bond acceptors (Lipinski definition) is 3. The van der Waals surface area contributed by atoms with Gasteiger partial charge in [-0.2, -0.15) is 4.42 Å². The van der Waals surface area contributed by atoms with E-state index >= 15 is 0 Å². The van der Waals surface area contributed by atoms with Gasteiger partial charge in [0.2, 0.25) is 0 Å². The van der Waals surface area contributed by atoms with Crippen molar-refractivity contribution >= 4 is 17.7 Å². The van der Waals surface area contributed by atoms with Gasteiger partial charge in [-0.1, -0.05) is 0 Å². The van der Waals surface area contributed by atoms with E-state index in [0.717, 1.165) is 4.42 Å². The van der Waals surface area contributed by atoms with Crippen LogP contribution in [0.25, 0.3) is 0 Å². The Bertz CT molecular complexity index is 86.6. The first-order valence-corrected chi connectivity index (χ1v) is 2.24. The number of hydrogen-bond donors (Lipinski definition) is 2. The lowest BCUT2D eigenvalue weighted by atomic mass is 10.7. The highest BCUT2D eigenvalue weighted by atomic mass is 35.5. The monoisotopic (exact) mass is 139 g/mol. The van der Waals surface area contributed by atoms with Gasteiger partial charge in [0.1, 0.15) is 13.3 Å². The van der Waals surface area contributed by atoms with Crippen LogP contribution < -0.4 is 0 Å². The Morgan fingerprint density at radius 2 is 2.25 bits per heavy atom. The smallest absolute Gasteiger partial charge is 0.319 e. The van der Waals surface area contributed by atoms with Gasteiger partial charge in [0.15, 0.2) is 0 Å². The maximum atomic E-state index is 9.73. The molecule has 0 saturated heterocycles. The van der Waals surface area contributed by atoms with E-state index in [4.69, 9.17) is 22.0 Å². The van der Waals surface area contributed by atoms with Gasteiger partial charge in [-0.15, -0.1) is 0 Å². The van der Waals surface area contributed by atoms with E-state index in [-0.39, 0.29) is 6.54 Å². The van der Waals surface area contributed by atoms with Gasteiger partial charge >= 0.3 is 5.97 Å². The molecular weight excluding hydrogens is 133 g/mol. The number of aliphatic hydroxyl groups excluding tert-OH is 1. The first-order valence-electron chi connectivity index (χ1n) is 1.90. The van der Waals surface area contributed by atoms with Crippen molar-refractivity contribution in [3.05, 3.63) is 0 Å². The summed E-state index contributed by atoms with van der Waals surface area (Å²) in [7, 11) is 0. The number of carbonyl (C=O) groups is 1. The van der Waals surface area contributed by atoms with E-state index < -0.39 is 12.7 Å². The average molecular weight is 140 g/mol. The van der Waals surface area contributed by atoms with Gasteiger partial charge in [-0.3, -0.25) is 4.79 Å². The normalized spacial score (nSPS) is 9.88. The molecule has 0 saturated carbocycles. The van der Waals surface area contributed by atoms with Crippen molar-refractivity contribution in [3.8, 4) is 0 Å². The molecule has 0 atom stereocenters. The number of rotatable bonds is 3. The molecule has 5 heteroatoms. The third kappa shape index (κ3) is 3.86. The molecule has 0 aromatic carbocycles. The first-order chi connectivity index (χ1) is 3.66. The Balaban J connectivity index is 3.24. The van der Waals surface area contributed by atoms with Gasteiger partial charge < -0.3 is 10.2 Å². The lowest BCUT2D eigenvalue weighted by molar-refractivity contribution is -0.137. The fourth-order valence-electron chi connectivity index (χ4n) is 0.197. The van der Waals surface area contributed by atoms with Crippen LogP contribution in [-0.4, -0.2) is 33.9 Å². The molecule has 0 unspecified atom stereocenters. The van der Waals surface area contributed by atoms with Crippen LogP contribution >= 0.6 is 11.8 Å². The lowest BCUT2D eigenvalue weighted by Gasteiger charge is -2.03. The highest BCUT2D eigenvalue weighted by Gasteiger charge is 2.02. The minimum absolute atomic E-state index is 0.349. The quantitative estimate of drug-likeness (QED) is 0.408. The molecule has 48 valence electrons. The number of aliphatic hydroxyl groups is 1. The number of aliphatic carboxylic acids is 1. The van der Waals surface area contributed by atoms with Crippen molar-refractivity contribution in [2.45, 2.75) is 0 Å². The second-order valence-electron chi connectivity index (χ2n) is 1.16. The summed E-state index contributed by atoms with van der Waals surface area (Å²) < 4.78 is 0.752. The highest BCUT2D eigenvalue weighted by molar-refractivity contribution is 6.14. The molecule has 0 amide bonds. The van der Waals surface area contributed by atoms with Gasteiger partial charge in [0.25, 0.3) is 0 Å². The largest absolute Gasteiger partial charge is 0.480 e. The third-order valence-electron chi connectivity index (χ3n) is 0.460. The summed E-state index contributed by atoms with van der Waals surface area (Å²) in [5, 5.41) is 16.1. The molecule has 0 aliphatic rings. The van der Waals surface area contributed by atoms with Crippen molar-refractivity contribution in [1.29, 1.82) is 0 Å². The maximum absolute atomic E-state index is 9.73. The van der Waals surface area contributed by atoms with E-state index in [1.807, 2.05) is 0 Å². The zero-order valence-electron chi connectivity index (χ0n) is 4.04. The van der Waals surface area contributed by atoms with Gasteiger partial charge in [-0.05, 0) is 11.8 Å². The molecule has 0 aliphatic heterocycles. The maximum Gasteiger partial charge on any atom is 0.319 e. The highest BCUT2D eigenvalue weighted by Crippen LogP contribution is 1.88. The molecule has 8 heavy (non-hydrogen) atoms. The Hall–Kier alpha value is -0.320. The molecule has 0 fully saturated rings. The summed E-state index contributed by atoms with van der Waals surface area (Å²) in [5.41, 5.74) is 0. The number of nitrogens with zero attached hydrogens (tertiary/aromatic N) is 1. The molecule has 0 rings (SSSR count). The standard InChI is InChI=1S/C3H6ClNO3/c4-5(2-6)1-3(7)8/h6H,1-2H2,(H,7,8). The van der Waals surface area contributed by atoms with Crippen LogP contribution in [0, 0.1) is 0 Å². The van der Waals surface area contributed by atoms with Crippen LogP contribution in [0.5, 0.6) is 0 Å². The molecule has 4 nitrogen and oxygen atoms in total. The van der Waals surface area contributed by atoms with Crippen LogP contribution in [0.2, 0.25) is 0 Å². The Labute approximate surface area is 51.4 Å². The first kappa shape index (κ1) is 7.68. The predicted octanol–water partition coefficient (Wildman–Crippen LogP) is -0.523. The predicted molar refractivity (Wildman–Crippen MR) is 27.3 cm³/mol. The number of halogens is 1. The van der Waals surface area contributed by atoms with E-state index in [9.17, 15) is 4.79 Å². The third-order valence-corrected chi connectivity index (χ3v) is 0.687. The topological polar surface area (TPSA) is 60.8 Å². The van der Waals surface area contributed by atoms with Crippen LogP contribution in [0.4, 0.5) is 0 Å². The van der Waals surface area contributed by atoms with Crippen molar-refractivity contribution in [2.24, 2.45) is 0 Å². The van der Waals surface area contributed by atoms with Crippen LogP contribution in [-0.2, 0) is 4.79 Å². The number of carboxylic acid groups (broad SMARTS) is 1. The van der Waals surface area contributed by atoms with Crippen molar-refractivity contribution in [1.82, 2.24) is 4.42 Å². The average Bonchev–Trinajstić information content (AvgIpc) is 1.65. The van der Waals surface area contributed by atoms with E-state index in [2.05, 4.69) is 0 Å². The van der Waals surface area contributed by atoms with Gasteiger partial charge in [-0.25, -0.2) is 0 Å². The van der Waals surface area contributed by atoms with E-state index in [1.165, 1.54) is 0 Å². The zero-order chi connectivity index (χ0) is 6.57. The Kier molecular flexibility index (Phi) is 3.51. The second kappa shape index (κ2) is 3.65. The fourth-order valence-corrected chi connectivity index (χ4v) is 0.299. The summed E-state index contributed by atoms with van der Waals surface area (Å²) in [6, 6.07) is 0. The SMILES string of the molecule is O=C(O)CN(Cl)CO. The molecule has 2 N–H and O–H groups in total. The van der Waals surface area contributed by atoms with E-state index in [1.54, 1.807) is 0 Å². The minimum Gasteiger partial charge on any atom is -0.480 e. The zero-order valence-corrected chi connectivity index (χ0v) is 4.80. The summed E-state index contributed by atoms with van der Waals surface area (Å²) in [5.74, 6) is -1.06. The van der Waals surface area contributed by atoms with Gasteiger partial charge in [0, 0.05) is 0 Å². The van der Waals surface area contributed by atoms with Crippen molar-refractivity contribution in [3.63, 3.8) is 0 Å². The summed E-state index contributed by atoms with van der Waals surface area (Å²) >= 11 is 5.06. The number of carboxylic acids is 1. The molecule has 0 bridgehead atoms. The lowest BCUT2D eigenvalue weighted by Crippen LogP contribution is -2.21. The second-order valence-corrected chi connectivity index (χ2v) is 1.63. The Morgan fingerprint density at radius 3 is 2.38 bits per heavy atom. The fraction of sp³-hybridized carbons (Fsp3) is 0.667. The summed E-state index contributed by atoms with van der Waals surface area (Å²) in [4.78, 5) is 9.73. The Morgan fingerprint density at radius 1 is 1.75 bits per heavy atom. The molecule has 0 heterocycles. The van der Waals surface area contributed by atoms with Crippen LogP contribution in [0.3, 0.4) is 0 Å². The molecule has 0 radical (unpaired) electrons. The molecule has 0 aromatic heterocycles. The molecule has 0 aliphatic carbocycles. The minimum atomic E-state index is -1.06. The van der Waals surface area contributed by atoms with Crippen molar-refractivity contribution in [2.75, 3.05) is 13.3 Å². The van der Waals surface area contributed by atoms with Crippen LogP contribution in [0.15, 0.2) is 0 Å².